The van der Waals surface area contributed by atoms with E-state index in [9.17, 15) is 5.11 Å². The van der Waals surface area contributed by atoms with Crippen molar-refractivity contribution in [3.05, 3.63) is 113 Å². The summed E-state index contributed by atoms with van der Waals surface area (Å²) in [6.45, 7) is 8.79. The van der Waals surface area contributed by atoms with E-state index in [4.69, 9.17) is 11.8 Å². The van der Waals surface area contributed by atoms with Crippen molar-refractivity contribution in [3.8, 4) is 16.9 Å². The zero-order chi connectivity index (χ0) is 24.8. The zero-order valence-corrected chi connectivity index (χ0v) is 21.1. The number of benzene rings is 4. The highest BCUT2D eigenvalue weighted by Crippen LogP contribution is 2.49. The van der Waals surface area contributed by atoms with Gasteiger partial charge >= 0.3 is 0 Å². The van der Waals surface area contributed by atoms with Crippen LogP contribution in [0.3, 0.4) is 0 Å². The first-order chi connectivity index (χ1) is 16.7. The van der Waals surface area contributed by atoms with Crippen LogP contribution in [0.4, 0.5) is 0 Å². The molecule has 1 N–H and O–H groups in total. The highest BCUT2D eigenvalue weighted by atomic mass is 35.5. The second-order valence-corrected chi connectivity index (χ2v) is 10.3. The molecule has 35 heavy (non-hydrogen) atoms. The highest BCUT2D eigenvalue weighted by molar-refractivity contribution is 6.14. The van der Waals surface area contributed by atoms with Crippen molar-refractivity contribution in [2.75, 3.05) is 0 Å². The summed E-state index contributed by atoms with van der Waals surface area (Å²) in [6, 6.07) is 30.6. The van der Waals surface area contributed by atoms with Gasteiger partial charge in [0.05, 0.1) is 11.8 Å². The summed E-state index contributed by atoms with van der Waals surface area (Å²) in [4.78, 5) is 0. The Labute approximate surface area is 210 Å². The molecule has 0 amide bonds. The van der Waals surface area contributed by atoms with E-state index < -0.39 is 10.8 Å². The van der Waals surface area contributed by atoms with Crippen molar-refractivity contribution in [2.24, 2.45) is 0 Å². The molecule has 0 spiro atoms. The third kappa shape index (κ3) is 3.98. The summed E-state index contributed by atoms with van der Waals surface area (Å²) < 4.78 is 1.07. The molecule has 176 valence electrons. The van der Waals surface area contributed by atoms with Gasteiger partial charge in [-0.05, 0) is 46.0 Å². The molecule has 5 rings (SSSR count). The van der Waals surface area contributed by atoms with Gasteiger partial charge in [0.2, 0.25) is 0 Å². The van der Waals surface area contributed by atoms with E-state index in [0.29, 0.717) is 0 Å². The number of nitrogens with zero attached hydrogens (tertiary/aromatic N) is 3. The summed E-state index contributed by atoms with van der Waals surface area (Å²) >= 11 is 6.00. The lowest BCUT2D eigenvalue weighted by atomic mass is 9.66. The molecule has 0 aliphatic heterocycles. The van der Waals surface area contributed by atoms with Crippen molar-refractivity contribution in [1.29, 1.82) is 0 Å². The summed E-state index contributed by atoms with van der Waals surface area (Å²) in [5.74, 6) is 0.286. The van der Waals surface area contributed by atoms with E-state index in [-0.39, 0.29) is 5.75 Å². The van der Waals surface area contributed by atoms with Gasteiger partial charge in [-0.1, -0.05) is 105 Å². The van der Waals surface area contributed by atoms with Crippen LogP contribution in [0.5, 0.6) is 5.75 Å². The lowest BCUT2D eigenvalue weighted by molar-refractivity contribution is 0.446. The molecule has 4 nitrogen and oxygen atoms in total. The minimum atomic E-state index is -0.452. The first-order valence-electron chi connectivity index (χ1n) is 11.7. The van der Waals surface area contributed by atoms with Crippen LogP contribution in [-0.4, -0.2) is 19.6 Å². The molecule has 1 aromatic heterocycles. The molecule has 0 radical (unpaired) electrons. The normalized spacial score (nSPS) is 12.3. The zero-order valence-electron chi connectivity index (χ0n) is 20.3. The number of hydrogen-bond donors (Lipinski definition) is 1. The fraction of sp³-hybridized carbons (Fsp3) is 0.200. The van der Waals surface area contributed by atoms with E-state index >= 15 is 0 Å². The van der Waals surface area contributed by atoms with Crippen LogP contribution in [0.2, 0.25) is 0 Å². The predicted molar refractivity (Wildman–Crippen MR) is 143 cm³/mol. The van der Waals surface area contributed by atoms with Crippen molar-refractivity contribution in [2.45, 2.75) is 38.5 Å². The Morgan fingerprint density at radius 3 is 1.80 bits per heavy atom. The van der Waals surface area contributed by atoms with Gasteiger partial charge in [-0.2, -0.15) is 0 Å². The number of halogens is 1. The van der Waals surface area contributed by atoms with Crippen LogP contribution in [-0.2, 0) is 10.8 Å². The summed E-state index contributed by atoms with van der Waals surface area (Å²) in [5, 5.41) is 19.9. The standard InChI is InChI=1S/C30H28ClN3O/c1-29(2,21-11-7-5-8-12-21)27-23(20-15-17-24-25(19-20)33-34(31)32-24)16-18-26(35)28(27)30(3,4)22-13-9-6-10-14-22/h5-19,35H,1-4H3. The first kappa shape index (κ1) is 23.1. The maximum atomic E-state index is 11.4. The van der Waals surface area contributed by atoms with Crippen molar-refractivity contribution in [3.63, 3.8) is 0 Å². The van der Waals surface area contributed by atoms with E-state index in [1.807, 2.05) is 54.6 Å². The average molecular weight is 482 g/mol. The van der Waals surface area contributed by atoms with Gasteiger partial charge in [0.25, 0.3) is 0 Å². The molecule has 0 bridgehead atoms. The number of rotatable bonds is 5. The van der Waals surface area contributed by atoms with Gasteiger partial charge in [-0.25, -0.2) is 0 Å². The third-order valence-corrected chi connectivity index (χ3v) is 7.24. The van der Waals surface area contributed by atoms with Gasteiger partial charge in [-0.15, -0.1) is 10.2 Å². The smallest absolute Gasteiger partial charge is 0.120 e. The Morgan fingerprint density at radius 2 is 1.20 bits per heavy atom. The topological polar surface area (TPSA) is 50.9 Å². The fourth-order valence-electron chi connectivity index (χ4n) is 5.17. The second kappa shape index (κ2) is 8.54. The monoisotopic (exact) mass is 481 g/mol. The average Bonchev–Trinajstić information content (AvgIpc) is 3.24. The number of phenols is 1. The lowest BCUT2D eigenvalue weighted by Crippen LogP contribution is -2.29. The van der Waals surface area contributed by atoms with Crippen LogP contribution in [0.25, 0.3) is 22.2 Å². The summed E-state index contributed by atoms with van der Waals surface area (Å²) in [6.07, 6.45) is 0. The molecule has 1 heterocycles. The largest absolute Gasteiger partial charge is 0.508 e. The van der Waals surface area contributed by atoms with Crippen molar-refractivity contribution in [1.82, 2.24) is 14.5 Å². The molecule has 0 aliphatic rings. The highest BCUT2D eigenvalue weighted by Gasteiger charge is 2.37. The molecule has 0 unspecified atom stereocenters. The first-order valence-corrected chi connectivity index (χ1v) is 12.0. The second-order valence-electron chi connectivity index (χ2n) is 10.0. The Morgan fingerprint density at radius 1 is 0.657 bits per heavy atom. The minimum absolute atomic E-state index is 0.286. The number of hydrogen-bond acceptors (Lipinski definition) is 3. The van der Waals surface area contributed by atoms with Crippen LogP contribution in [0, 0.1) is 0 Å². The van der Waals surface area contributed by atoms with E-state index in [2.05, 4.69) is 74.3 Å². The molecule has 0 saturated carbocycles. The SMILES string of the molecule is CC(C)(c1ccccc1)c1c(O)ccc(-c2ccc3nn(Cl)nc3c2)c1C(C)(C)c1ccccc1. The molecule has 0 fully saturated rings. The van der Waals surface area contributed by atoms with Crippen LogP contribution < -0.4 is 0 Å². The quantitative estimate of drug-likeness (QED) is 0.283. The lowest BCUT2D eigenvalue weighted by Gasteiger charge is -2.37. The molecule has 4 aromatic carbocycles. The van der Waals surface area contributed by atoms with Gasteiger partial charge in [-0.3, -0.25) is 0 Å². The third-order valence-electron chi connectivity index (χ3n) is 7.09. The molecule has 5 aromatic rings. The van der Waals surface area contributed by atoms with E-state index in [1.54, 1.807) is 0 Å². The van der Waals surface area contributed by atoms with Gasteiger partial charge in [0, 0.05) is 16.4 Å². The molecule has 0 aliphatic carbocycles. The van der Waals surface area contributed by atoms with Crippen LogP contribution in [0.15, 0.2) is 91.0 Å². The van der Waals surface area contributed by atoms with E-state index in [0.717, 1.165) is 43.2 Å². The minimum Gasteiger partial charge on any atom is -0.508 e. The Balaban J connectivity index is 1.85. The maximum absolute atomic E-state index is 11.4. The summed E-state index contributed by atoms with van der Waals surface area (Å²) in [5.41, 5.74) is 6.94. The number of aromatic nitrogens is 3. The molecule has 0 atom stereocenters. The van der Waals surface area contributed by atoms with Gasteiger partial charge < -0.3 is 5.11 Å². The molecular weight excluding hydrogens is 454 g/mol. The van der Waals surface area contributed by atoms with E-state index in [1.165, 1.54) is 5.56 Å². The number of aromatic hydroxyl groups is 1. The molecule has 0 saturated heterocycles. The molecular formula is C30H28ClN3O. The predicted octanol–water partition coefficient (Wildman–Crippen LogP) is 7.46. The maximum Gasteiger partial charge on any atom is 0.120 e. The Bertz CT molecular complexity index is 1510. The van der Waals surface area contributed by atoms with Crippen molar-refractivity contribution >= 4 is 22.8 Å². The Kier molecular flexibility index (Phi) is 5.65. The van der Waals surface area contributed by atoms with Gasteiger partial charge in [0.15, 0.2) is 0 Å². The summed E-state index contributed by atoms with van der Waals surface area (Å²) in [7, 11) is 0. The number of fused-ring (bicyclic) bond motifs is 1. The number of phenolic OH excluding ortho intramolecular Hbond substituents is 1. The Hall–Kier alpha value is -3.63. The van der Waals surface area contributed by atoms with Gasteiger partial charge in [0.1, 0.15) is 16.8 Å². The van der Waals surface area contributed by atoms with Crippen molar-refractivity contribution < 1.29 is 5.11 Å². The van der Waals surface area contributed by atoms with Crippen LogP contribution in [0.1, 0.15) is 49.9 Å². The molecule has 5 heteroatoms. The van der Waals surface area contributed by atoms with Crippen LogP contribution >= 0.6 is 11.8 Å². The fourth-order valence-corrected chi connectivity index (χ4v) is 5.33.